The van der Waals surface area contributed by atoms with E-state index in [0.717, 1.165) is 0 Å². The standard InChI is InChI=1S/C12H14ClF4N/c1-2-18-9(7-12(15,16)17)6-8-4-3-5-10(13)11(8)14/h3-5,9,18H,2,6-7H2,1H3. The number of hydrogen-bond acceptors (Lipinski definition) is 1. The molecule has 0 radical (unpaired) electrons. The first-order valence-electron chi connectivity index (χ1n) is 5.56. The number of nitrogens with one attached hydrogen (secondary N) is 1. The lowest BCUT2D eigenvalue weighted by Crippen LogP contribution is -2.35. The van der Waals surface area contributed by atoms with Crippen LogP contribution in [0.4, 0.5) is 17.6 Å². The van der Waals surface area contributed by atoms with Crippen molar-refractivity contribution in [3.05, 3.63) is 34.6 Å². The molecule has 0 heterocycles. The molecule has 1 atom stereocenters. The topological polar surface area (TPSA) is 12.0 Å². The molecule has 1 rings (SSSR count). The average molecular weight is 284 g/mol. The van der Waals surface area contributed by atoms with Crippen molar-refractivity contribution in [2.24, 2.45) is 0 Å². The summed E-state index contributed by atoms with van der Waals surface area (Å²) in [7, 11) is 0. The van der Waals surface area contributed by atoms with Gasteiger partial charge in [-0.05, 0) is 24.6 Å². The van der Waals surface area contributed by atoms with Gasteiger partial charge < -0.3 is 5.32 Å². The number of alkyl halides is 3. The van der Waals surface area contributed by atoms with E-state index in [1.54, 1.807) is 6.92 Å². The molecule has 102 valence electrons. The summed E-state index contributed by atoms with van der Waals surface area (Å²) in [5, 5.41) is 2.63. The maximum atomic E-state index is 13.6. The van der Waals surface area contributed by atoms with Crippen molar-refractivity contribution in [1.29, 1.82) is 0 Å². The maximum absolute atomic E-state index is 13.6. The normalized spacial score (nSPS) is 13.7. The largest absolute Gasteiger partial charge is 0.390 e. The van der Waals surface area contributed by atoms with Crippen molar-refractivity contribution in [2.45, 2.75) is 32.0 Å². The molecular formula is C12H14ClF4N. The van der Waals surface area contributed by atoms with Gasteiger partial charge in [-0.1, -0.05) is 30.7 Å². The summed E-state index contributed by atoms with van der Waals surface area (Å²) in [6, 6.07) is 3.49. The van der Waals surface area contributed by atoms with Gasteiger partial charge in [0.25, 0.3) is 0 Å². The van der Waals surface area contributed by atoms with Gasteiger partial charge in [0.1, 0.15) is 5.82 Å². The SMILES string of the molecule is CCNC(Cc1cccc(Cl)c1F)CC(F)(F)F. The molecule has 0 saturated carbocycles. The minimum Gasteiger partial charge on any atom is -0.314 e. The number of likely N-dealkylation sites (N-methyl/N-ethyl adjacent to an activating group) is 1. The lowest BCUT2D eigenvalue weighted by Gasteiger charge is -2.20. The minimum atomic E-state index is -4.28. The summed E-state index contributed by atoms with van der Waals surface area (Å²) >= 11 is 5.59. The average Bonchev–Trinajstić information content (AvgIpc) is 2.23. The van der Waals surface area contributed by atoms with Gasteiger partial charge in [0, 0.05) is 6.04 Å². The molecule has 0 aliphatic carbocycles. The van der Waals surface area contributed by atoms with E-state index >= 15 is 0 Å². The van der Waals surface area contributed by atoms with Crippen LogP contribution in [0.2, 0.25) is 5.02 Å². The molecular weight excluding hydrogens is 270 g/mol. The second-order valence-electron chi connectivity index (χ2n) is 3.99. The zero-order chi connectivity index (χ0) is 13.8. The van der Waals surface area contributed by atoms with Gasteiger partial charge in [0.05, 0.1) is 11.4 Å². The fourth-order valence-electron chi connectivity index (χ4n) is 1.76. The second-order valence-corrected chi connectivity index (χ2v) is 4.40. The Kier molecular flexibility index (Phi) is 5.41. The van der Waals surface area contributed by atoms with E-state index in [4.69, 9.17) is 11.6 Å². The van der Waals surface area contributed by atoms with Crippen LogP contribution in [0, 0.1) is 5.82 Å². The van der Waals surface area contributed by atoms with E-state index in [2.05, 4.69) is 5.32 Å². The van der Waals surface area contributed by atoms with E-state index in [0.29, 0.717) is 6.54 Å². The third-order valence-electron chi connectivity index (χ3n) is 2.47. The molecule has 0 aliphatic rings. The molecule has 1 N–H and O–H groups in total. The molecule has 1 aromatic rings. The highest BCUT2D eigenvalue weighted by Crippen LogP contribution is 2.25. The molecule has 0 fully saturated rings. The quantitative estimate of drug-likeness (QED) is 0.807. The first kappa shape index (κ1) is 15.2. The molecule has 1 nitrogen and oxygen atoms in total. The molecule has 0 amide bonds. The highest BCUT2D eigenvalue weighted by atomic mass is 35.5. The Morgan fingerprint density at radius 2 is 2.00 bits per heavy atom. The van der Waals surface area contributed by atoms with Crippen LogP contribution in [-0.2, 0) is 6.42 Å². The fourth-order valence-corrected chi connectivity index (χ4v) is 1.95. The van der Waals surface area contributed by atoms with Crippen LogP contribution in [0.3, 0.4) is 0 Å². The molecule has 18 heavy (non-hydrogen) atoms. The van der Waals surface area contributed by atoms with Crippen LogP contribution in [0.25, 0.3) is 0 Å². The lowest BCUT2D eigenvalue weighted by atomic mass is 10.0. The van der Waals surface area contributed by atoms with Gasteiger partial charge in [-0.3, -0.25) is 0 Å². The van der Waals surface area contributed by atoms with Crippen molar-refractivity contribution < 1.29 is 17.6 Å². The zero-order valence-electron chi connectivity index (χ0n) is 9.82. The number of hydrogen-bond donors (Lipinski definition) is 1. The predicted octanol–water partition coefficient (Wildman–Crippen LogP) is 3.95. The molecule has 0 aromatic heterocycles. The molecule has 6 heteroatoms. The highest BCUT2D eigenvalue weighted by Gasteiger charge is 2.31. The van der Waals surface area contributed by atoms with Crippen LogP contribution < -0.4 is 5.32 Å². The summed E-state index contributed by atoms with van der Waals surface area (Å²) in [4.78, 5) is 0. The molecule has 1 aromatic carbocycles. The van der Waals surface area contributed by atoms with Crippen molar-refractivity contribution in [2.75, 3.05) is 6.54 Å². The molecule has 0 aliphatic heterocycles. The van der Waals surface area contributed by atoms with Crippen LogP contribution in [-0.4, -0.2) is 18.8 Å². The third kappa shape index (κ3) is 4.82. The van der Waals surface area contributed by atoms with Crippen LogP contribution in [0.5, 0.6) is 0 Å². The second kappa shape index (κ2) is 6.38. The Labute approximate surface area is 108 Å². The van der Waals surface area contributed by atoms with Crippen molar-refractivity contribution in [1.82, 2.24) is 5.32 Å². The summed E-state index contributed by atoms with van der Waals surface area (Å²) in [5.74, 6) is -0.649. The number of halogens is 5. The zero-order valence-corrected chi connectivity index (χ0v) is 10.6. The van der Waals surface area contributed by atoms with Crippen molar-refractivity contribution in [3.63, 3.8) is 0 Å². The Hall–Kier alpha value is -0.810. The van der Waals surface area contributed by atoms with Crippen molar-refractivity contribution in [3.8, 4) is 0 Å². The van der Waals surface area contributed by atoms with Gasteiger partial charge in [-0.15, -0.1) is 0 Å². The Balaban J connectivity index is 2.80. The molecule has 0 bridgehead atoms. The first-order valence-corrected chi connectivity index (χ1v) is 5.94. The lowest BCUT2D eigenvalue weighted by molar-refractivity contribution is -0.139. The van der Waals surface area contributed by atoms with Gasteiger partial charge >= 0.3 is 6.18 Å². The minimum absolute atomic E-state index is 0.0419. The smallest absolute Gasteiger partial charge is 0.314 e. The van der Waals surface area contributed by atoms with E-state index in [1.807, 2.05) is 0 Å². The first-order chi connectivity index (χ1) is 8.33. The molecule has 1 unspecified atom stereocenters. The summed E-state index contributed by atoms with van der Waals surface area (Å²) in [5.41, 5.74) is 0.192. The van der Waals surface area contributed by atoms with Gasteiger partial charge in [0.2, 0.25) is 0 Å². The number of benzene rings is 1. The van der Waals surface area contributed by atoms with Crippen molar-refractivity contribution >= 4 is 11.6 Å². The molecule has 0 saturated heterocycles. The maximum Gasteiger partial charge on any atom is 0.390 e. The van der Waals surface area contributed by atoms with Gasteiger partial charge in [0.15, 0.2) is 0 Å². The highest BCUT2D eigenvalue weighted by molar-refractivity contribution is 6.30. The van der Waals surface area contributed by atoms with E-state index in [-0.39, 0.29) is 17.0 Å². The summed E-state index contributed by atoms with van der Waals surface area (Å²) < 4.78 is 50.6. The third-order valence-corrected chi connectivity index (χ3v) is 2.76. The Bertz CT molecular complexity index is 392. The van der Waals surface area contributed by atoms with Gasteiger partial charge in [-0.2, -0.15) is 13.2 Å². The monoisotopic (exact) mass is 283 g/mol. The predicted molar refractivity (Wildman–Crippen MR) is 63.3 cm³/mol. The number of rotatable bonds is 5. The van der Waals surface area contributed by atoms with Crippen LogP contribution in [0.15, 0.2) is 18.2 Å². The van der Waals surface area contributed by atoms with Crippen LogP contribution in [0.1, 0.15) is 18.9 Å². The summed E-state index contributed by atoms with van der Waals surface area (Å²) in [6.07, 6.45) is -5.31. The Morgan fingerprint density at radius 3 is 2.56 bits per heavy atom. The fraction of sp³-hybridized carbons (Fsp3) is 0.500. The van der Waals surface area contributed by atoms with Crippen LogP contribution >= 0.6 is 11.6 Å². The summed E-state index contributed by atoms with van der Waals surface area (Å²) in [6.45, 7) is 2.10. The van der Waals surface area contributed by atoms with E-state index in [1.165, 1.54) is 18.2 Å². The Morgan fingerprint density at radius 1 is 1.33 bits per heavy atom. The van der Waals surface area contributed by atoms with E-state index < -0.39 is 24.5 Å². The molecule has 0 spiro atoms. The van der Waals surface area contributed by atoms with E-state index in [9.17, 15) is 17.6 Å². The van der Waals surface area contributed by atoms with Gasteiger partial charge in [-0.25, -0.2) is 4.39 Å².